The second kappa shape index (κ2) is 15.9. The highest BCUT2D eigenvalue weighted by Gasteiger charge is 2.25. The van der Waals surface area contributed by atoms with Crippen molar-refractivity contribution >= 4 is 34.0 Å². The lowest BCUT2D eigenvalue weighted by Gasteiger charge is -2.32. The van der Waals surface area contributed by atoms with Crippen molar-refractivity contribution in [1.29, 1.82) is 0 Å². The number of ether oxygens (including phenoxy) is 4. The quantitative estimate of drug-likeness (QED) is 0.271. The summed E-state index contributed by atoms with van der Waals surface area (Å²) >= 11 is 1.42. The summed E-state index contributed by atoms with van der Waals surface area (Å²) in [7, 11) is 3.24. The third-order valence-electron chi connectivity index (χ3n) is 7.40. The molecular formula is C30H39N7O6S. The molecule has 3 aromatic rings. The van der Waals surface area contributed by atoms with Crippen molar-refractivity contribution < 1.29 is 28.5 Å². The Bertz CT molecular complexity index is 1370. The van der Waals surface area contributed by atoms with Crippen molar-refractivity contribution in [3.63, 3.8) is 0 Å². The zero-order chi connectivity index (χ0) is 30.7. The van der Waals surface area contributed by atoms with Crippen LogP contribution in [0.3, 0.4) is 0 Å². The van der Waals surface area contributed by atoms with E-state index in [1.807, 2.05) is 12.1 Å². The van der Waals surface area contributed by atoms with E-state index < -0.39 is 0 Å². The zero-order valence-electron chi connectivity index (χ0n) is 25.1. The van der Waals surface area contributed by atoms with Gasteiger partial charge in [0, 0.05) is 84.1 Å². The number of hydrogen-bond acceptors (Lipinski definition) is 12. The Labute approximate surface area is 260 Å². The lowest BCUT2D eigenvalue weighted by atomic mass is 10.1. The van der Waals surface area contributed by atoms with Crippen LogP contribution in [0.1, 0.15) is 39.3 Å². The summed E-state index contributed by atoms with van der Waals surface area (Å²) < 4.78 is 22.0. The van der Waals surface area contributed by atoms with Crippen LogP contribution < -0.4 is 20.3 Å². The van der Waals surface area contributed by atoms with Crippen molar-refractivity contribution in [2.75, 3.05) is 77.0 Å². The number of hydrogen-bond donors (Lipinski definition) is 2. The monoisotopic (exact) mass is 625 g/mol. The highest BCUT2D eigenvalue weighted by atomic mass is 32.1. The number of amides is 2. The molecule has 0 aliphatic carbocycles. The number of rotatable bonds is 13. The lowest BCUT2D eigenvalue weighted by Crippen LogP contribution is -2.43. The SMILES string of the molecule is COCCNC(=O)c1cc(CN2CCO[C@H](COC)C2)ccc1NC(=O)c1csc(N2CCC(Oc3ncccn3)CC2)n1. The number of anilines is 2. The van der Waals surface area contributed by atoms with Gasteiger partial charge < -0.3 is 34.5 Å². The molecule has 2 N–H and O–H groups in total. The molecular weight excluding hydrogens is 586 g/mol. The number of carbonyl (C=O) groups excluding carboxylic acids is 2. The van der Waals surface area contributed by atoms with Crippen molar-refractivity contribution in [3.8, 4) is 6.01 Å². The van der Waals surface area contributed by atoms with Gasteiger partial charge in [-0.2, -0.15) is 0 Å². The molecule has 0 saturated carbocycles. The fraction of sp³-hybridized carbons (Fsp3) is 0.500. The minimum absolute atomic E-state index is 0.00992. The van der Waals surface area contributed by atoms with Crippen molar-refractivity contribution in [3.05, 3.63) is 58.9 Å². The molecule has 2 fully saturated rings. The fourth-order valence-electron chi connectivity index (χ4n) is 5.18. The van der Waals surface area contributed by atoms with E-state index in [0.29, 0.717) is 55.9 Å². The van der Waals surface area contributed by atoms with Gasteiger partial charge in [-0.3, -0.25) is 14.5 Å². The molecule has 0 spiro atoms. The maximum Gasteiger partial charge on any atom is 0.316 e. The average molecular weight is 626 g/mol. The van der Waals surface area contributed by atoms with Crippen LogP contribution in [0.5, 0.6) is 6.01 Å². The molecule has 0 unspecified atom stereocenters. The molecule has 236 valence electrons. The van der Waals surface area contributed by atoms with E-state index in [1.165, 1.54) is 11.3 Å². The molecule has 13 nitrogen and oxygen atoms in total. The van der Waals surface area contributed by atoms with E-state index in [4.69, 9.17) is 18.9 Å². The predicted molar refractivity (Wildman–Crippen MR) is 166 cm³/mol. The van der Waals surface area contributed by atoms with Gasteiger partial charge in [-0.25, -0.2) is 15.0 Å². The van der Waals surface area contributed by atoms with E-state index in [9.17, 15) is 9.59 Å². The molecule has 2 aliphatic rings. The lowest BCUT2D eigenvalue weighted by molar-refractivity contribution is -0.0631. The fourth-order valence-corrected chi connectivity index (χ4v) is 6.04. The second-order valence-corrected chi connectivity index (χ2v) is 11.5. The van der Waals surface area contributed by atoms with Crippen molar-refractivity contribution in [1.82, 2.24) is 25.2 Å². The van der Waals surface area contributed by atoms with Gasteiger partial charge in [-0.1, -0.05) is 6.07 Å². The third kappa shape index (κ3) is 8.70. The first kappa shape index (κ1) is 31.7. The van der Waals surface area contributed by atoms with Gasteiger partial charge in [0.2, 0.25) is 0 Å². The van der Waals surface area contributed by atoms with E-state index in [2.05, 4.69) is 35.4 Å². The van der Waals surface area contributed by atoms with Gasteiger partial charge in [-0.05, 0) is 23.8 Å². The van der Waals surface area contributed by atoms with Crippen molar-refractivity contribution in [2.45, 2.75) is 31.6 Å². The van der Waals surface area contributed by atoms with E-state index >= 15 is 0 Å². The molecule has 14 heteroatoms. The first-order chi connectivity index (χ1) is 21.5. The maximum absolute atomic E-state index is 13.3. The van der Waals surface area contributed by atoms with Gasteiger partial charge in [0.05, 0.1) is 37.2 Å². The maximum atomic E-state index is 13.3. The largest absolute Gasteiger partial charge is 0.460 e. The summed E-state index contributed by atoms with van der Waals surface area (Å²) in [5.74, 6) is -0.662. The smallest absolute Gasteiger partial charge is 0.316 e. The number of morpholine rings is 1. The topological polar surface area (TPSA) is 140 Å². The minimum atomic E-state index is -0.374. The van der Waals surface area contributed by atoms with Crippen LogP contribution >= 0.6 is 11.3 Å². The standard InChI is InChI=1S/C30H39N7O6S/c1-40-14-10-31-27(38)24-16-21(17-36-13-15-42-23(18-36)19-41-2)4-5-25(24)34-28(39)26-20-44-30(35-26)37-11-6-22(7-12-37)43-29-32-8-3-9-33-29/h3-5,8-9,16,20,22-23H,6-7,10-15,17-19H2,1-2H3,(H,31,38)(H,34,39)/t23-/m0/s1. The van der Waals surface area contributed by atoms with E-state index in [1.54, 1.807) is 44.1 Å². The second-order valence-electron chi connectivity index (χ2n) is 10.6. The molecule has 2 aliphatic heterocycles. The molecule has 2 aromatic heterocycles. The summed E-state index contributed by atoms with van der Waals surface area (Å²) in [6.45, 7) is 5.54. The average Bonchev–Trinajstić information content (AvgIpc) is 3.54. The number of nitrogens with one attached hydrogen (secondary N) is 2. The molecule has 2 saturated heterocycles. The highest BCUT2D eigenvalue weighted by Crippen LogP contribution is 2.27. The molecule has 4 heterocycles. The molecule has 0 bridgehead atoms. The number of nitrogens with zero attached hydrogens (tertiary/aromatic N) is 5. The van der Waals surface area contributed by atoms with Gasteiger partial charge >= 0.3 is 6.01 Å². The minimum Gasteiger partial charge on any atom is -0.460 e. The van der Waals surface area contributed by atoms with Gasteiger partial charge in [0.1, 0.15) is 11.8 Å². The van der Waals surface area contributed by atoms with Crippen LogP contribution in [-0.2, 0) is 20.8 Å². The van der Waals surface area contributed by atoms with Gasteiger partial charge in [-0.15, -0.1) is 11.3 Å². The molecule has 1 aromatic carbocycles. The first-order valence-electron chi connectivity index (χ1n) is 14.7. The molecule has 44 heavy (non-hydrogen) atoms. The molecule has 0 radical (unpaired) electrons. The number of carbonyl (C=O) groups is 2. The Kier molecular flexibility index (Phi) is 11.4. The number of thiazole rings is 1. The van der Waals surface area contributed by atoms with Crippen LogP contribution in [0.15, 0.2) is 42.0 Å². The van der Waals surface area contributed by atoms with Crippen molar-refractivity contribution in [2.24, 2.45) is 0 Å². The number of piperidine rings is 1. The van der Waals surface area contributed by atoms with Gasteiger partial charge in [0.15, 0.2) is 5.13 Å². The van der Waals surface area contributed by atoms with Gasteiger partial charge in [0.25, 0.3) is 11.8 Å². The summed E-state index contributed by atoms with van der Waals surface area (Å²) in [6.07, 6.45) is 4.96. The number of methoxy groups -OCH3 is 2. The Balaban J connectivity index is 1.22. The Morgan fingerprint density at radius 1 is 1.09 bits per heavy atom. The third-order valence-corrected chi connectivity index (χ3v) is 8.30. The highest BCUT2D eigenvalue weighted by molar-refractivity contribution is 7.14. The first-order valence-corrected chi connectivity index (χ1v) is 15.6. The summed E-state index contributed by atoms with van der Waals surface area (Å²) in [5.41, 5.74) is 2.06. The Hall–Kier alpha value is -3.69. The summed E-state index contributed by atoms with van der Waals surface area (Å²) in [6, 6.07) is 7.68. The van der Waals surface area contributed by atoms with E-state index in [0.717, 1.165) is 49.7 Å². The van der Waals surface area contributed by atoms with Crippen LogP contribution in [0.4, 0.5) is 10.8 Å². The van der Waals surface area contributed by atoms with E-state index in [-0.39, 0.29) is 24.0 Å². The normalized spacial score (nSPS) is 17.8. The molecule has 1 atom stereocenters. The zero-order valence-corrected chi connectivity index (χ0v) is 25.9. The number of benzene rings is 1. The summed E-state index contributed by atoms with van der Waals surface area (Å²) in [5, 5.41) is 8.30. The Morgan fingerprint density at radius 3 is 2.68 bits per heavy atom. The number of aromatic nitrogens is 3. The summed E-state index contributed by atoms with van der Waals surface area (Å²) in [4.78, 5) is 43.8. The van der Waals surface area contributed by atoms with Crippen LogP contribution in [-0.4, -0.2) is 111 Å². The van der Waals surface area contributed by atoms with Crippen LogP contribution in [0.25, 0.3) is 0 Å². The molecule has 5 rings (SSSR count). The predicted octanol–water partition coefficient (Wildman–Crippen LogP) is 2.46. The molecule has 2 amide bonds. The Morgan fingerprint density at radius 2 is 1.91 bits per heavy atom. The van der Waals surface area contributed by atoms with Crippen LogP contribution in [0.2, 0.25) is 0 Å². The van der Waals surface area contributed by atoms with Crippen LogP contribution in [0, 0.1) is 0 Å².